The maximum absolute atomic E-state index is 13.2. The highest BCUT2D eigenvalue weighted by atomic mass is 19.1. The molecule has 0 fully saturated rings. The Balaban J connectivity index is 2.14. The minimum absolute atomic E-state index is 0.153. The average molecular weight is 284 g/mol. The molecule has 0 heterocycles. The summed E-state index contributed by atoms with van der Waals surface area (Å²) >= 11 is 0. The van der Waals surface area contributed by atoms with Crippen molar-refractivity contribution in [1.82, 2.24) is 0 Å². The van der Waals surface area contributed by atoms with E-state index in [1.165, 1.54) is 18.2 Å². The number of carbonyl (C=O) groups excluding carboxylic acids is 1. The van der Waals surface area contributed by atoms with Gasteiger partial charge in [0.15, 0.2) is 5.78 Å². The van der Waals surface area contributed by atoms with Gasteiger partial charge in [-0.05, 0) is 61.4 Å². The first-order valence-corrected chi connectivity index (χ1v) is 6.81. The van der Waals surface area contributed by atoms with E-state index in [0.717, 1.165) is 11.3 Å². The van der Waals surface area contributed by atoms with E-state index in [4.69, 9.17) is 4.74 Å². The Labute approximate surface area is 123 Å². The molecule has 108 valence electrons. The molecule has 2 rings (SSSR count). The molecular formula is C18H17FO2. The van der Waals surface area contributed by atoms with E-state index < -0.39 is 0 Å². The summed E-state index contributed by atoms with van der Waals surface area (Å²) in [5.41, 5.74) is 1.83. The average Bonchev–Trinajstić information content (AvgIpc) is 2.48. The Bertz CT molecular complexity index is 675. The van der Waals surface area contributed by atoms with Crippen LogP contribution >= 0.6 is 0 Å². The molecule has 0 bridgehead atoms. The van der Waals surface area contributed by atoms with Crippen molar-refractivity contribution in [2.75, 3.05) is 6.61 Å². The number of carbonyl (C=O) groups is 1. The van der Waals surface area contributed by atoms with Crippen LogP contribution in [0.15, 0.2) is 48.5 Å². The summed E-state index contributed by atoms with van der Waals surface area (Å²) < 4.78 is 18.6. The third kappa shape index (κ3) is 4.02. The second-order valence-corrected chi connectivity index (χ2v) is 4.67. The van der Waals surface area contributed by atoms with Crippen LogP contribution in [0.2, 0.25) is 0 Å². The van der Waals surface area contributed by atoms with Gasteiger partial charge >= 0.3 is 0 Å². The lowest BCUT2D eigenvalue weighted by Gasteiger charge is -2.03. The largest absolute Gasteiger partial charge is 0.494 e. The smallest absolute Gasteiger partial charge is 0.185 e. The molecule has 0 unspecified atom stereocenters. The zero-order chi connectivity index (χ0) is 15.2. The van der Waals surface area contributed by atoms with Crippen molar-refractivity contribution in [3.05, 3.63) is 71.0 Å². The van der Waals surface area contributed by atoms with Crippen LogP contribution < -0.4 is 4.74 Å². The SMILES string of the molecule is CCOc1cccc(/C=C/C(=O)c2ccc(F)c(C)c2)c1. The van der Waals surface area contributed by atoms with Crippen molar-refractivity contribution in [2.24, 2.45) is 0 Å². The van der Waals surface area contributed by atoms with Crippen molar-refractivity contribution in [3.63, 3.8) is 0 Å². The van der Waals surface area contributed by atoms with Crippen LogP contribution in [0.1, 0.15) is 28.4 Å². The molecule has 0 aliphatic heterocycles. The first kappa shape index (κ1) is 15.0. The van der Waals surface area contributed by atoms with Crippen LogP contribution in [0.25, 0.3) is 6.08 Å². The number of hydrogen-bond acceptors (Lipinski definition) is 2. The third-order valence-corrected chi connectivity index (χ3v) is 3.04. The molecule has 0 aliphatic rings. The number of halogens is 1. The first-order chi connectivity index (χ1) is 10.1. The Kier molecular flexibility index (Phi) is 4.88. The predicted octanol–water partition coefficient (Wildman–Crippen LogP) is 4.43. The van der Waals surface area contributed by atoms with Gasteiger partial charge in [0.2, 0.25) is 0 Å². The van der Waals surface area contributed by atoms with E-state index >= 15 is 0 Å². The third-order valence-electron chi connectivity index (χ3n) is 3.04. The fourth-order valence-corrected chi connectivity index (χ4v) is 1.94. The van der Waals surface area contributed by atoms with Crippen molar-refractivity contribution in [2.45, 2.75) is 13.8 Å². The number of benzene rings is 2. The Hall–Kier alpha value is -2.42. The highest BCUT2D eigenvalue weighted by Crippen LogP contribution is 2.15. The Morgan fingerprint density at radius 3 is 2.76 bits per heavy atom. The fourth-order valence-electron chi connectivity index (χ4n) is 1.94. The van der Waals surface area contributed by atoms with Gasteiger partial charge in [-0.15, -0.1) is 0 Å². The first-order valence-electron chi connectivity index (χ1n) is 6.81. The molecule has 0 saturated carbocycles. The van der Waals surface area contributed by atoms with E-state index in [1.54, 1.807) is 19.1 Å². The van der Waals surface area contributed by atoms with Gasteiger partial charge < -0.3 is 4.74 Å². The van der Waals surface area contributed by atoms with Gasteiger partial charge in [0.05, 0.1) is 6.61 Å². The minimum atomic E-state index is -0.306. The highest BCUT2D eigenvalue weighted by Gasteiger charge is 2.04. The monoisotopic (exact) mass is 284 g/mol. The molecule has 2 aromatic carbocycles. The van der Waals surface area contributed by atoms with Crippen molar-refractivity contribution in [1.29, 1.82) is 0 Å². The number of ether oxygens (including phenoxy) is 1. The van der Waals surface area contributed by atoms with Crippen molar-refractivity contribution in [3.8, 4) is 5.75 Å². The molecule has 21 heavy (non-hydrogen) atoms. The zero-order valence-electron chi connectivity index (χ0n) is 12.1. The topological polar surface area (TPSA) is 26.3 Å². The summed E-state index contributed by atoms with van der Waals surface area (Å²) in [6, 6.07) is 11.9. The number of allylic oxidation sites excluding steroid dienone is 1. The summed E-state index contributed by atoms with van der Waals surface area (Å²) in [5, 5.41) is 0. The second kappa shape index (κ2) is 6.84. The van der Waals surface area contributed by atoms with Crippen molar-refractivity contribution >= 4 is 11.9 Å². The molecule has 3 heteroatoms. The van der Waals surface area contributed by atoms with Gasteiger partial charge in [-0.1, -0.05) is 18.2 Å². The number of ketones is 1. The molecule has 0 aliphatic carbocycles. The molecule has 0 N–H and O–H groups in total. The normalized spacial score (nSPS) is 10.8. The fraction of sp³-hybridized carbons (Fsp3) is 0.167. The summed E-state index contributed by atoms with van der Waals surface area (Å²) in [4.78, 5) is 12.1. The van der Waals surface area contributed by atoms with Crippen LogP contribution in [0.5, 0.6) is 5.75 Å². The van der Waals surface area contributed by atoms with Crippen LogP contribution in [0.3, 0.4) is 0 Å². The summed E-state index contributed by atoms with van der Waals surface area (Å²) in [7, 11) is 0. The molecule has 0 saturated heterocycles. The minimum Gasteiger partial charge on any atom is -0.494 e. The van der Waals surface area contributed by atoms with Gasteiger partial charge in [-0.2, -0.15) is 0 Å². The van der Waals surface area contributed by atoms with E-state index in [9.17, 15) is 9.18 Å². The van der Waals surface area contributed by atoms with Crippen LogP contribution in [-0.2, 0) is 0 Å². The highest BCUT2D eigenvalue weighted by molar-refractivity contribution is 6.06. The number of hydrogen-bond donors (Lipinski definition) is 0. The van der Waals surface area contributed by atoms with Gasteiger partial charge in [0.1, 0.15) is 11.6 Å². The molecule has 0 atom stereocenters. The lowest BCUT2D eigenvalue weighted by Crippen LogP contribution is -1.96. The second-order valence-electron chi connectivity index (χ2n) is 4.67. The Morgan fingerprint density at radius 1 is 1.24 bits per heavy atom. The lowest BCUT2D eigenvalue weighted by atomic mass is 10.1. The lowest BCUT2D eigenvalue weighted by molar-refractivity contribution is 0.104. The molecular weight excluding hydrogens is 267 g/mol. The summed E-state index contributed by atoms with van der Waals surface area (Å²) in [6.07, 6.45) is 3.21. The van der Waals surface area contributed by atoms with E-state index in [0.29, 0.717) is 17.7 Å². The van der Waals surface area contributed by atoms with Gasteiger partial charge in [0, 0.05) is 5.56 Å². The number of rotatable bonds is 5. The van der Waals surface area contributed by atoms with E-state index in [1.807, 2.05) is 31.2 Å². The van der Waals surface area contributed by atoms with Crippen LogP contribution in [0, 0.1) is 12.7 Å². The molecule has 0 aromatic heterocycles. The van der Waals surface area contributed by atoms with Crippen LogP contribution in [-0.4, -0.2) is 12.4 Å². The van der Waals surface area contributed by atoms with Gasteiger partial charge in [0.25, 0.3) is 0 Å². The van der Waals surface area contributed by atoms with E-state index in [-0.39, 0.29) is 11.6 Å². The maximum Gasteiger partial charge on any atom is 0.185 e. The standard InChI is InChI=1S/C18H17FO2/c1-3-21-16-6-4-5-14(12-16)7-10-18(20)15-8-9-17(19)13(2)11-15/h4-12H,3H2,1-2H3/b10-7+. The van der Waals surface area contributed by atoms with Gasteiger partial charge in [-0.25, -0.2) is 4.39 Å². The molecule has 0 amide bonds. The van der Waals surface area contributed by atoms with E-state index in [2.05, 4.69) is 0 Å². The maximum atomic E-state index is 13.2. The summed E-state index contributed by atoms with van der Waals surface area (Å²) in [5.74, 6) is 0.310. The molecule has 0 radical (unpaired) electrons. The molecule has 2 nitrogen and oxygen atoms in total. The quantitative estimate of drug-likeness (QED) is 0.599. The zero-order valence-corrected chi connectivity index (χ0v) is 12.1. The number of aryl methyl sites for hydroxylation is 1. The molecule has 2 aromatic rings. The van der Waals surface area contributed by atoms with Crippen molar-refractivity contribution < 1.29 is 13.9 Å². The van der Waals surface area contributed by atoms with Crippen LogP contribution in [0.4, 0.5) is 4.39 Å². The predicted molar refractivity (Wildman–Crippen MR) is 82.1 cm³/mol. The van der Waals surface area contributed by atoms with Gasteiger partial charge in [-0.3, -0.25) is 4.79 Å². The Morgan fingerprint density at radius 2 is 2.05 bits per heavy atom. The molecule has 0 spiro atoms. The summed E-state index contributed by atoms with van der Waals surface area (Å²) in [6.45, 7) is 4.16.